The highest BCUT2D eigenvalue weighted by atomic mass is 16.4. The van der Waals surface area contributed by atoms with Gasteiger partial charge in [-0.15, -0.1) is 0 Å². The maximum atomic E-state index is 11.0. The van der Waals surface area contributed by atoms with Crippen LogP contribution in [0, 0.1) is 0 Å². The van der Waals surface area contributed by atoms with Crippen molar-refractivity contribution in [1.29, 1.82) is 0 Å². The maximum Gasteiger partial charge on any atom is 0.335 e. The molecule has 166 valence electrons. The summed E-state index contributed by atoms with van der Waals surface area (Å²) in [7, 11) is 0. The van der Waals surface area contributed by atoms with E-state index in [1.165, 1.54) is 102 Å². The van der Waals surface area contributed by atoms with Gasteiger partial charge >= 0.3 is 5.97 Å². The van der Waals surface area contributed by atoms with Gasteiger partial charge in [-0.3, -0.25) is 0 Å². The van der Waals surface area contributed by atoms with Crippen molar-refractivity contribution in [2.45, 2.75) is 116 Å². The predicted octanol–water partition coefficient (Wildman–Crippen LogP) is 7.39. The number of carboxylic acid groups (broad SMARTS) is 1. The monoisotopic (exact) mass is 406 g/mol. The quantitative estimate of drug-likeness (QED) is 0.222. The van der Waals surface area contributed by atoms with Gasteiger partial charge in [-0.1, -0.05) is 103 Å². The van der Waals surface area contributed by atoms with E-state index in [1.807, 2.05) is 0 Å². The summed E-state index contributed by atoms with van der Waals surface area (Å²) in [6.45, 7) is 2.26. The van der Waals surface area contributed by atoms with Gasteiger partial charge in [0, 0.05) is 5.56 Å². The van der Waals surface area contributed by atoms with Crippen molar-refractivity contribution in [1.82, 2.24) is 0 Å². The van der Waals surface area contributed by atoms with E-state index < -0.39 is 12.1 Å². The third-order valence-corrected chi connectivity index (χ3v) is 5.71. The first kappa shape index (κ1) is 25.5. The van der Waals surface area contributed by atoms with Crippen molar-refractivity contribution in [3.8, 4) is 5.75 Å². The van der Waals surface area contributed by atoms with Crippen LogP contribution in [0.1, 0.15) is 132 Å². The number of unbranched alkanes of at least 4 members (excludes halogenated alkanes) is 14. The lowest BCUT2D eigenvalue weighted by molar-refractivity contribution is 0.0696. The Morgan fingerprint density at radius 2 is 1.24 bits per heavy atom. The molecule has 0 heterocycles. The first-order valence-electron chi connectivity index (χ1n) is 11.8. The normalized spacial score (nSPS) is 12.2. The molecule has 0 amide bonds. The zero-order chi connectivity index (χ0) is 21.3. The number of aromatic hydroxyl groups is 1. The van der Waals surface area contributed by atoms with Gasteiger partial charge in [-0.2, -0.15) is 0 Å². The molecular formula is C25H42O4. The molecule has 0 saturated carbocycles. The number of aliphatic hydroxyl groups is 1. The van der Waals surface area contributed by atoms with E-state index in [0.717, 1.165) is 12.8 Å². The molecule has 0 aliphatic carbocycles. The van der Waals surface area contributed by atoms with Gasteiger partial charge in [-0.25, -0.2) is 4.79 Å². The number of phenols is 1. The molecule has 1 unspecified atom stereocenters. The van der Waals surface area contributed by atoms with Crippen molar-refractivity contribution in [3.05, 3.63) is 29.3 Å². The van der Waals surface area contributed by atoms with Gasteiger partial charge in [-0.05, 0) is 24.6 Å². The third-order valence-electron chi connectivity index (χ3n) is 5.71. The minimum atomic E-state index is -1.05. The SMILES string of the molecule is CCCCCCCCCCCCCCCCCC(O)c1cc(C(=O)O)ccc1O. The van der Waals surface area contributed by atoms with Crippen LogP contribution in [0.3, 0.4) is 0 Å². The minimum absolute atomic E-state index is 0.0385. The minimum Gasteiger partial charge on any atom is -0.508 e. The van der Waals surface area contributed by atoms with Gasteiger partial charge in [0.2, 0.25) is 0 Å². The molecular weight excluding hydrogens is 364 g/mol. The molecule has 1 atom stereocenters. The summed E-state index contributed by atoms with van der Waals surface area (Å²) in [5.41, 5.74) is 0.406. The second kappa shape index (κ2) is 16.3. The van der Waals surface area contributed by atoms with Crippen LogP contribution in [0.5, 0.6) is 5.75 Å². The van der Waals surface area contributed by atoms with Crippen molar-refractivity contribution in [2.24, 2.45) is 0 Å². The van der Waals surface area contributed by atoms with Crippen LogP contribution < -0.4 is 0 Å². The molecule has 0 radical (unpaired) electrons. The molecule has 0 fully saturated rings. The number of benzene rings is 1. The molecule has 0 aliphatic rings. The van der Waals surface area contributed by atoms with Crippen molar-refractivity contribution in [2.75, 3.05) is 0 Å². The van der Waals surface area contributed by atoms with Crippen LogP contribution in [0.15, 0.2) is 18.2 Å². The molecule has 1 rings (SSSR count). The Hall–Kier alpha value is -1.55. The number of aliphatic hydroxyl groups excluding tert-OH is 1. The molecule has 4 heteroatoms. The topological polar surface area (TPSA) is 77.8 Å². The van der Waals surface area contributed by atoms with Crippen molar-refractivity contribution >= 4 is 5.97 Å². The van der Waals surface area contributed by atoms with Gasteiger partial charge in [0.25, 0.3) is 0 Å². The molecule has 0 aliphatic heterocycles. The summed E-state index contributed by atoms with van der Waals surface area (Å²) < 4.78 is 0. The summed E-state index contributed by atoms with van der Waals surface area (Å²) >= 11 is 0. The second-order valence-electron chi connectivity index (χ2n) is 8.33. The van der Waals surface area contributed by atoms with E-state index in [9.17, 15) is 15.0 Å². The van der Waals surface area contributed by atoms with E-state index in [-0.39, 0.29) is 11.3 Å². The Morgan fingerprint density at radius 3 is 1.69 bits per heavy atom. The maximum absolute atomic E-state index is 11.0. The number of rotatable bonds is 18. The number of hydrogen-bond acceptors (Lipinski definition) is 3. The standard InChI is InChI=1S/C25H42O4/c1-2-3-4-5-6-7-8-9-10-11-12-13-14-15-16-17-23(26)22-20-21(25(28)29)18-19-24(22)27/h18-20,23,26-27H,2-17H2,1H3,(H,28,29). The van der Waals surface area contributed by atoms with E-state index in [4.69, 9.17) is 5.11 Å². The summed E-state index contributed by atoms with van der Waals surface area (Å²) in [4.78, 5) is 11.0. The van der Waals surface area contributed by atoms with Crippen LogP contribution >= 0.6 is 0 Å². The van der Waals surface area contributed by atoms with E-state index in [0.29, 0.717) is 12.0 Å². The Morgan fingerprint density at radius 1 is 0.793 bits per heavy atom. The number of carbonyl (C=O) groups is 1. The number of phenolic OH excluding ortho intramolecular Hbond substituents is 1. The summed E-state index contributed by atoms with van der Waals surface area (Å²) in [6, 6.07) is 4.06. The Kier molecular flexibility index (Phi) is 14.3. The van der Waals surface area contributed by atoms with Gasteiger partial charge < -0.3 is 15.3 Å². The van der Waals surface area contributed by atoms with Crippen LogP contribution in [0.25, 0.3) is 0 Å². The van der Waals surface area contributed by atoms with Crippen LogP contribution in [0.2, 0.25) is 0 Å². The number of aromatic carboxylic acids is 1. The summed E-state index contributed by atoms with van der Waals surface area (Å²) in [5, 5.41) is 29.2. The molecule has 29 heavy (non-hydrogen) atoms. The Labute approximate surface area is 177 Å². The predicted molar refractivity (Wildman–Crippen MR) is 120 cm³/mol. The molecule has 4 nitrogen and oxygen atoms in total. The molecule has 0 bridgehead atoms. The van der Waals surface area contributed by atoms with Crippen LogP contribution in [-0.4, -0.2) is 21.3 Å². The summed E-state index contributed by atoms with van der Waals surface area (Å²) in [5.74, 6) is -1.09. The molecule has 0 spiro atoms. The average Bonchev–Trinajstić information content (AvgIpc) is 2.70. The highest BCUT2D eigenvalue weighted by molar-refractivity contribution is 5.88. The zero-order valence-corrected chi connectivity index (χ0v) is 18.4. The van der Waals surface area contributed by atoms with Gasteiger partial charge in [0.1, 0.15) is 5.75 Å². The van der Waals surface area contributed by atoms with Crippen LogP contribution in [-0.2, 0) is 0 Å². The van der Waals surface area contributed by atoms with E-state index in [2.05, 4.69) is 6.92 Å². The Bertz CT molecular complexity index is 556. The Balaban J connectivity index is 1.98. The molecule has 0 aromatic heterocycles. The van der Waals surface area contributed by atoms with E-state index in [1.54, 1.807) is 0 Å². The molecule has 3 N–H and O–H groups in total. The smallest absolute Gasteiger partial charge is 0.335 e. The second-order valence-corrected chi connectivity index (χ2v) is 8.33. The van der Waals surface area contributed by atoms with Gasteiger partial charge in [0.15, 0.2) is 0 Å². The van der Waals surface area contributed by atoms with Crippen molar-refractivity contribution < 1.29 is 20.1 Å². The highest BCUT2D eigenvalue weighted by Gasteiger charge is 2.15. The van der Waals surface area contributed by atoms with Crippen LogP contribution in [0.4, 0.5) is 0 Å². The first-order valence-corrected chi connectivity index (χ1v) is 11.8. The fourth-order valence-corrected chi connectivity index (χ4v) is 3.82. The lowest BCUT2D eigenvalue weighted by Crippen LogP contribution is -2.02. The largest absolute Gasteiger partial charge is 0.508 e. The third kappa shape index (κ3) is 11.9. The first-order chi connectivity index (χ1) is 14.1. The van der Waals surface area contributed by atoms with Gasteiger partial charge in [0.05, 0.1) is 11.7 Å². The lowest BCUT2D eigenvalue weighted by atomic mass is 9.99. The fraction of sp³-hybridized carbons (Fsp3) is 0.720. The summed E-state index contributed by atoms with van der Waals surface area (Å²) in [6.07, 6.45) is 19.2. The fourth-order valence-electron chi connectivity index (χ4n) is 3.82. The lowest BCUT2D eigenvalue weighted by Gasteiger charge is -2.13. The molecule has 1 aromatic carbocycles. The average molecular weight is 407 g/mol. The van der Waals surface area contributed by atoms with Crippen molar-refractivity contribution in [3.63, 3.8) is 0 Å². The zero-order valence-electron chi connectivity index (χ0n) is 18.4. The van der Waals surface area contributed by atoms with E-state index >= 15 is 0 Å². The molecule has 0 saturated heterocycles. The molecule has 1 aromatic rings. The number of carboxylic acids is 1. The highest BCUT2D eigenvalue weighted by Crippen LogP contribution is 2.29. The number of hydrogen-bond donors (Lipinski definition) is 3.